The summed E-state index contributed by atoms with van der Waals surface area (Å²) in [5.74, 6) is 0. The summed E-state index contributed by atoms with van der Waals surface area (Å²) in [4.78, 5) is 6.11. The fourth-order valence-corrected chi connectivity index (χ4v) is 1.20. The van der Waals surface area contributed by atoms with Gasteiger partial charge in [-0.25, -0.2) is 0 Å². The van der Waals surface area contributed by atoms with Crippen molar-refractivity contribution < 1.29 is 0 Å². The third kappa shape index (κ3) is 1.44. The topological polar surface area (TPSA) is 39.7 Å². The molecule has 12 heavy (non-hydrogen) atoms. The number of hydrogen-bond donors (Lipinski definition) is 0. The van der Waals surface area contributed by atoms with Crippen LogP contribution >= 0.6 is 0 Å². The van der Waals surface area contributed by atoms with Gasteiger partial charge in [-0.1, -0.05) is 6.07 Å². The number of hydrogen-bond acceptors (Lipinski definition) is 3. The van der Waals surface area contributed by atoms with Crippen LogP contribution in [0.15, 0.2) is 24.5 Å². The molecule has 0 aliphatic carbocycles. The van der Waals surface area contributed by atoms with E-state index in [0.29, 0.717) is 0 Å². The molecule has 2 unspecified atom stereocenters. The van der Waals surface area contributed by atoms with Crippen LogP contribution in [0, 0.1) is 11.3 Å². The second kappa shape index (κ2) is 2.92. The maximum Gasteiger partial charge on any atom is 0.111 e. The largest absolute Gasteiger partial charge is 0.280 e. The Morgan fingerprint density at radius 2 is 2.67 bits per heavy atom. The first-order valence-corrected chi connectivity index (χ1v) is 3.93. The Labute approximate surface area is 71.3 Å². The standard InChI is InChI=1S/C9H9N3/c10-4-9-7-12(9)6-8-2-1-3-11-5-8/h1-3,5,9H,6-7H2. The van der Waals surface area contributed by atoms with Gasteiger partial charge in [0.2, 0.25) is 0 Å². The van der Waals surface area contributed by atoms with Gasteiger partial charge in [0.15, 0.2) is 0 Å². The van der Waals surface area contributed by atoms with Crippen molar-refractivity contribution in [2.45, 2.75) is 12.6 Å². The van der Waals surface area contributed by atoms with Crippen molar-refractivity contribution in [2.75, 3.05) is 6.54 Å². The van der Waals surface area contributed by atoms with E-state index in [1.807, 2.05) is 18.3 Å². The molecule has 0 N–H and O–H groups in total. The number of nitriles is 1. The molecular weight excluding hydrogens is 150 g/mol. The highest BCUT2D eigenvalue weighted by Crippen LogP contribution is 2.19. The maximum atomic E-state index is 8.55. The molecule has 3 nitrogen and oxygen atoms in total. The van der Waals surface area contributed by atoms with Gasteiger partial charge in [-0.3, -0.25) is 9.88 Å². The molecular formula is C9H9N3. The number of rotatable bonds is 2. The molecule has 0 saturated carbocycles. The van der Waals surface area contributed by atoms with E-state index in [2.05, 4.69) is 16.0 Å². The lowest BCUT2D eigenvalue weighted by atomic mass is 10.3. The van der Waals surface area contributed by atoms with Crippen molar-refractivity contribution in [3.05, 3.63) is 30.1 Å². The predicted molar refractivity (Wildman–Crippen MR) is 44.0 cm³/mol. The SMILES string of the molecule is N#CC1CN1Cc1cccnc1. The summed E-state index contributed by atoms with van der Waals surface area (Å²) in [7, 11) is 0. The van der Waals surface area contributed by atoms with Crippen molar-refractivity contribution in [1.82, 2.24) is 9.88 Å². The summed E-state index contributed by atoms with van der Waals surface area (Å²) >= 11 is 0. The summed E-state index contributed by atoms with van der Waals surface area (Å²) in [5.41, 5.74) is 1.18. The fourth-order valence-electron chi connectivity index (χ4n) is 1.20. The summed E-state index contributed by atoms with van der Waals surface area (Å²) in [6, 6.07) is 6.30. The molecule has 1 aromatic heterocycles. The fraction of sp³-hybridized carbons (Fsp3) is 0.333. The molecule has 1 fully saturated rings. The third-order valence-corrected chi connectivity index (χ3v) is 1.97. The molecule has 1 saturated heterocycles. The zero-order valence-corrected chi connectivity index (χ0v) is 6.64. The van der Waals surface area contributed by atoms with E-state index < -0.39 is 0 Å². The van der Waals surface area contributed by atoms with E-state index in [9.17, 15) is 0 Å². The molecule has 1 aliphatic rings. The van der Waals surface area contributed by atoms with E-state index in [4.69, 9.17) is 5.26 Å². The minimum Gasteiger partial charge on any atom is -0.280 e. The monoisotopic (exact) mass is 159 g/mol. The highest BCUT2D eigenvalue weighted by atomic mass is 15.3. The van der Waals surface area contributed by atoms with Gasteiger partial charge in [0, 0.05) is 25.5 Å². The number of aromatic nitrogens is 1. The Morgan fingerprint density at radius 3 is 3.25 bits per heavy atom. The van der Waals surface area contributed by atoms with Crippen LogP contribution in [0.3, 0.4) is 0 Å². The number of nitrogens with zero attached hydrogens (tertiary/aromatic N) is 3. The molecule has 0 radical (unpaired) electrons. The summed E-state index contributed by atoms with van der Waals surface area (Å²) < 4.78 is 0. The van der Waals surface area contributed by atoms with E-state index >= 15 is 0 Å². The summed E-state index contributed by atoms with van der Waals surface area (Å²) in [6.45, 7) is 1.76. The first-order chi connectivity index (χ1) is 5.90. The number of pyridine rings is 1. The van der Waals surface area contributed by atoms with Gasteiger partial charge in [0.1, 0.15) is 6.04 Å². The van der Waals surface area contributed by atoms with Gasteiger partial charge in [-0.2, -0.15) is 5.26 Å². The van der Waals surface area contributed by atoms with Crippen LogP contribution in [-0.2, 0) is 6.54 Å². The summed E-state index contributed by atoms with van der Waals surface area (Å²) in [6.07, 6.45) is 3.60. The normalized spacial score (nSPS) is 26.2. The minimum absolute atomic E-state index is 0.144. The van der Waals surface area contributed by atoms with Crippen LogP contribution in [0.4, 0.5) is 0 Å². The lowest BCUT2D eigenvalue weighted by Crippen LogP contribution is -2.00. The zero-order chi connectivity index (χ0) is 8.39. The minimum atomic E-state index is 0.144. The van der Waals surface area contributed by atoms with Gasteiger partial charge < -0.3 is 0 Å². The maximum absolute atomic E-state index is 8.55. The van der Waals surface area contributed by atoms with Crippen molar-refractivity contribution in [2.24, 2.45) is 0 Å². The van der Waals surface area contributed by atoms with Crippen LogP contribution in [0.2, 0.25) is 0 Å². The molecule has 0 aromatic carbocycles. The van der Waals surface area contributed by atoms with Crippen LogP contribution in [-0.4, -0.2) is 22.5 Å². The molecule has 3 heteroatoms. The van der Waals surface area contributed by atoms with Gasteiger partial charge in [0.25, 0.3) is 0 Å². The summed E-state index contributed by atoms with van der Waals surface area (Å²) in [5, 5.41) is 8.55. The molecule has 1 aromatic rings. The lowest BCUT2D eigenvalue weighted by molar-refractivity contribution is 0.531. The van der Waals surface area contributed by atoms with Gasteiger partial charge in [-0.05, 0) is 11.6 Å². The Kier molecular flexibility index (Phi) is 1.77. The molecule has 60 valence electrons. The highest BCUT2D eigenvalue weighted by Gasteiger charge is 2.33. The zero-order valence-electron chi connectivity index (χ0n) is 6.64. The molecule has 2 heterocycles. The van der Waals surface area contributed by atoms with E-state index in [0.717, 1.165) is 13.1 Å². The van der Waals surface area contributed by atoms with Crippen LogP contribution < -0.4 is 0 Å². The lowest BCUT2D eigenvalue weighted by Gasteiger charge is -1.98. The molecule has 0 spiro atoms. The molecule has 0 bridgehead atoms. The first-order valence-electron chi connectivity index (χ1n) is 3.93. The Balaban J connectivity index is 1.95. The van der Waals surface area contributed by atoms with Crippen LogP contribution in [0.5, 0.6) is 0 Å². The van der Waals surface area contributed by atoms with Crippen molar-refractivity contribution in [1.29, 1.82) is 5.26 Å². The second-order valence-electron chi connectivity index (χ2n) is 2.94. The third-order valence-electron chi connectivity index (χ3n) is 1.97. The molecule has 2 rings (SSSR count). The van der Waals surface area contributed by atoms with Gasteiger partial charge in [0.05, 0.1) is 6.07 Å². The van der Waals surface area contributed by atoms with Gasteiger partial charge >= 0.3 is 0 Å². The van der Waals surface area contributed by atoms with Crippen molar-refractivity contribution >= 4 is 0 Å². The smallest absolute Gasteiger partial charge is 0.111 e. The highest BCUT2D eigenvalue weighted by molar-refractivity contribution is 5.13. The quantitative estimate of drug-likeness (QED) is 0.599. The van der Waals surface area contributed by atoms with Crippen LogP contribution in [0.1, 0.15) is 5.56 Å². The van der Waals surface area contributed by atoms with E-state index in [1.165, 1.54) is 5.56 Å². The van der Waals surface area contributed by atoms with E-state index in [1.54, 1.807) is 6.20 Å². The Bertz CT molecular complexity index is 301. The van der Waals surface area contributed by atoms with Gasteiger partial charge in [-0.15, -0.1) is 0 Å². The second-order valence-corrected chi connectivity index (χ2v) is 2.94. The van der Waals surface area contributed by atoms with Crippen LogP contribution in [0.25, 0.3) is 0 Å². The van der Waals surface area contributed by atoms with Crippen molar-refractivity contribution in [3.8, 4) is 6.07 Å². The molecule has 0 amide bonds. The van der Waals surface area contributed by atoms with Crippen molar-refractivity contribution in [3.63, 3.8) is 0 Å². The average Bonchev–Trinajstić information content (AvgIpc) is 2.85. The predicted octanol–water partition coefficient (Wildman–Crippen LogP) is 0.789. The Morgan fingerprint density at radius 1 is 1.75 bits per heavy atom. The van der Waals surface area contributed by atoms with E-state index in [-0.39, 0.29) is 6.04 Å². The Hall–Kier alpha value is -1.40. The average molecular weight is 159 g/mol. The first kappa shape index (κ1) is 7.26. The molecule has 2 atom stereocenters. The molecule has 1 aliphatic heterocycles.